The van der Waals surface area contributed by atoms with Gasteiger partial charge in [-0.25, -0.2) is 9.97 Å². The van der Waals surface area contributed by atoms with Gasteiger partial charge in [-0.15, -0.1) is 0 Å². The molecule has 3 heterocycles. The number of anilines is 3. The van der Waals surface area contributed by atoms with Gasteiger partial charge in [-0.2, -0.15) is 4.37 Å². The van der Waals surface area contributed by atoms with Crippen molar-refractivity contribution in [2.75, 3.05) is 36.5 Å². The van der Waals surface area contributed by atoms with E-state index < -0.39 is 0 Å². The van der Waals surface area contributed by atoms with Crippen LogP contribution in [0.3, 0.4) is 0 Å². The van der Waals surface area contributed by atoms with Crippen molar-refractivity contribution in [3.05, 3.63) is 24.0 Å². The number of hydrogen-bond acceptors (Lipinski definition) is 8. The van der Waals surface area contributed by atoms with E-state index in [4.69, 9.17) is 9.72 Å². The van der Waals surface area contributed by atoms with Gasteiger partial charge in [-0.05, 0) is 18.2 Å². The predicted molar refractivity (Wildman–Crippen MR) is 99.9 cm³/mol. The van der Waals surface area contributed by atoms with Crippen LogP contribution in [0.5, 0.6) is 0 Å². The van der Waals surface area contributed by atoms with Gasteiger partial charge in [0, 0.05) is 36.2 Å². The van der Waals surface area contributed by atoms with Crippen molar-refractivity contribution in [2.45, 2.75) is 19.8 Å². The lowest BCUT2D eigenvalue weighted by Gasteiger charge is -2.25. The third-order valence-corrected chi connectivity index (χ3v) is 5.59. The summed E-state index contributed by atoms with van der Waals surface area (Å²) in [4.78, 5) is 11.6. The first-order valence-corrected chi connectivity index (χ1v) is 9.62. The average molecular weight is 361 g/mol. The quantitative estimate of drug-likeness (QED) is 0.761. The molecule has 2 aromatic heterocycles. The van der Waals surface area contributed by atoms with Gasteiger partial charge in [0.15, 0.2) is 5.13 Å². The molecule has 126 valence electrons. The highest BCUT2D eigenvalue weighted by Gasteiger charge is 2.15. The van der Waals surface area contributed by atoms with Crippen molar-refractivity contribution in [3.63, 3.8) is 0 Å². The zero-order chi connectivity index (χ0) is 16.5. The maximum absolute atomic E-state index is 5.41. The average Bonchev–Trinajstić information content (AvgIpc) is 3.22. The highest BCUT2D eigenvalue weighted by atomic mass is 32.1. The number of hydrogen-bond donors (Lipinski definition) is 1. The Balaban J connectivity index is 1.55. The molecule has 1 aliphatic heterocycles. The second kappa shape index (κ2) is 6.62. The molecular formula is C16H19N5OS2. The highest BCUT2D eigenvalue weighted by molar-refractivity contribution is 7.22. The number of fused-ring (bicyclic) bond motifs is 1. The van der Waals surface area contributed by atoms with E-state index in [1.165, 1.54) is 16.2 Å². The third kappa shape index (κ3) is 3.22. The maximum Gasteiger partial charge on any atom is 0.207 e. The molecule has 0 spiro atoms. The van der Waals surface area contributed by atoms with Crippen LogP contribution < -0.4 is 10.2 Å². The van der Waals surface area contributed by atoms with Crippen LogP contribution in [0.15, 0.2) is 18.2 Å². The topological polar surface area (TPSA) is 63.2 Å². The summed E-state index contributed by atoms with van der Waals surface area (Å²) in [5.41, 5.74) is 2.05. The van der Waals surface area contributed by atoms with Crippen molar-refractivity contribution in [2.24, 2.45) is 0 Å². The molecule has 0 radical (unpaired) electrons. The minimum atomic E-state index is 0.344. The Labute approximate surface area is 148 Å². The largest absolute Gasteiger partial charge is 0.378 e. The van der Waals surface area contributed by atoms with Gasteiger partial charge in [-0.3, -0.25) is 0 Å². The number of morpholine rings is 1. The monoisotopic (exact) mass is 361 g/mol. The fourth-order valence-electron chi connectivity index (χ4n) is 2.52. The number of benzene rings is 1. The lowest BCUT2D eigenvalue weighted by Crippen LogP contribution is -2.36. The molecule has 0 unspecified atom stereocenters. The Morgan fingerprint density at radius 1 is 1.21 bits per heavy atom. The van der Waals surface area contributed by atoms with Crippen LogP contribution >= 0.6 is 22.9 Å². The normalized spacial score (nSPS) is 15.4. The molecule has 0 aliphatic carbocycles. The van der Waals surface area contributed by atoms with Crippen LogP contribution in [0, 0.1) is 0 Å². The van der Waals surface area contributed by atoms with Gasteiger partial charge in [0.25, 0.3) is 0 Å². The molecule has 4 rings (SSSR count). The summed E-state index contributed by atoms with van der Waals surface area (Å²) in [7, 11) is 0. The number of nitrogens with one attached hydrogen (secondary N) is 1. The summed E-state index contributed by atoms with van der Waals surface area (Å²) in [6, 6.07) is 6.23. The van der Waals surface area contributed by atoms with Gasteiger partial charge in [0.1, 0.15) is 5.82 Å². The number of rotatable bonds is 4. The molecule has 1 saturated heterocycles. The summed E-state index contributed by atoms with van der Waals surface area (Å²) in [6.45, 7) is 7.57. The van der Waals surface area contributed by atoms with E-state index in [2.05, 4.69) is 45.6 Å². The summed E-state index contributed by atoms with van der Waals surface area (Å²) >= 11 is 3.12. The molecule has 0 bridgehead atoms. The van der Waals surface area contributed by atoms with Crippen molar-refractivity contribution in [3.8, 4) is 0 Å². The smallest absolute Gasteiger partial charge is 0.207 e. The highest BCUT2D eigenvalue weighted by Crippen LogP contribution is 2.32. The zero-order valence-electron chi connectivity index (χ0n) is 13.7. The van der Waals surface area contributed by atoms with E-state index in [0.717, 1.165) is 53.6 Å². The maximum atomic E-state index is 5.41. The summed E-state index contributed by atoms with van der Waals surface area (Å²) in [6.07, 6.45) is 0. The second-order valence-corrected chi connectivity index (χ2v) is 7.78. The van der Waals surface area contributed by atoms with E-state index in [1.807, 2.05) is 6.07 Å². The number of ether oxygens (including phenoxy) is 1. The van der Waals surface area contributed by atoms with Crippen molar-refractivity contribution in [1.29, 1.82) is 0 Å². The first-order chi connectivity index (χ1) is 11.7. The Bertz CT molecular complexity index is 838. The summed E-state index contributed by atoms with van der Waals surface area (Å²) in [5, 5.41) is 5.25. The first-order valence-electron chi connectivity index (χ1n) is 8.03. The third-order valence-electron chi connectivity index (χ3n) is 3.87. The zero-order valence-corrected chi connectivity index (χ0v) is 15.3. The van der Waals surface area contributed by atoms with Crippen LogP contribution in [0.25, 0.3) is 10.2 Å². The van der Waals surface area contributed by atoms with Gasteiger partial charge >= 0.3 is 0 Å². The molecule has 1 aliphatic rings. The van der Waals surface area contributed by atoms with Crippen LogP contribution in [0.4, 0.5) is 16.0 Å². The van der Waals surface area contributed by atoms with Crippen LogP contribution in [0.1, 0.15) is 25.6 Å². The van der Waals surface area contributed by atoms with Crippen LogP contribution in [-0.4, -0.2) is 40.6 Å². The molecular weight excluding hydrogens is 342 g/mol. The van der Waals surface area contributed by atoms with E-state index in [1.54, 1.807) is 11.3 Å². The Kier molecular flexibility index (Phi) is 4.34. The lowest BCUT2D eigenvalue weighted by molar-refractivity contribution is 0.122. The van der Waals surface area contributed by atoms with Crippen LogP contribution in [0.2, 0.25) is 0 Å². The molecule has 0 saturated carbocycles. The number of aromatic nitrogens is 3. The van der Waals surface area contributed by atoms with Gasteiger partial charge in [-0.1, -0.05) is 25.2 Å². The van der Waals surface area contributed by atoms with Gasteiger partial charge in [0.2, 0.25) is 5.13 Å². The molecule has 0 atom stereocenters. The van der Waals surface area contributed by atoms with E-state index in [-0.39, 0.29) is 0 Å². The fourth-order valence-corrected chi connectivity index (χ4v) is 4.31. The minimum Gasteiger partial charge on any atom is -0.378 e. The number of nitrogens with zero attached hydrogens (tertiary/aromatic N) is 4. The molecule has 1 fully saturated rings. The second-order valence-electron chi connectivity index (χ2n) is 6.02. The minimum absolute atomic E-state index is 0.344. The van der Waals surface area contributed by atoms with Crippen LogP contribution in [-0.2, 0) is 4.74 Å². The molecule has 8 heteroatoms. The standard InChI is InChI=1S/C16H19N5OS2/c1-10(2)14-19-15(24-20-14)17-11-3-4-12-13(9-11)23-16(18-12)21-5-7-22-8-6-21/h3-4,9-10H,5-8H2,1-2H3,(H,17,19,20). The molecule has 3 aromatic rings. The van der Waals surface area contributed by atoms with Crippen molar-refractivity contribution >= 4 is 49.0 Å². The predicted octanol–water partition coefficient (Wildman–Crippen LogP) is 3.85. The fraction of sp³-hybridized carbons (Fsp3) is 0.438. The molecule has 0 amide bonds. The molecule has 24 heavy (non-hydrogen) atoms. The molecule has 1 aromatic carbocycles. The summed E-state index contributed by atoms with van der Waals surface area (Å²) in [5.74, 6) is 1.23. The van der Waals surface area contributed by atoms with Gasteiger partial charge < -0.3 is 15.0 Å². The number of thiazole rings is 1. The van der Waals surface area contributed by atoms with E-state index >= 15 is 0 Å². The summed E-state index contributed by atoms with van der Waals surface area (Å²) < 4.78 is 11.0. The molecule has 6 nitrogen and oxygen atoms in total. The van der Waals surface area contributed by atoms with Crippen molar-refractivity contribution < 1.29 is 4.74 Å². The first kappa shape index (κ1) is 15.7. The van der Waals surface area contributed by atoms with E-state index in [9.17, 15) is 0 Å². The Morgan fingerprint density at radius 3 is 2.79 bits per heavy atom. The van der Waals surface area contributed by atoms with E-state index in [0.29, 0.717) is 5.92 Å². The van der Waals surface area contributed by atoms with Crippen molar-refractivity contribution in [1.82, 2.24) is 14.3 Å². The van der Waals surface area contributed by atoms with Gasteiger partial charge in [0.05, 0.1) is 23.4 Å². The molecule has 1 N–H and O–H groups in total. The lowest BCUT2D eigenvalue weighted by atomic mass is 10.2. The Morgan fingerprint density at radius 2 is 2.04 bits per heavy atom. The Hall–Kier alpha value is -1.77. The SMILES string of the molecule is CC(C)c1nsc(Nc2ccc3nc(N4CCOCC4)sc3c2)n1.